The van der Waals surface area contributed by atoms with E-state index in [1.54, 1.807) is 0 Å². The number of nitrogens with one attached hydrogen (secondary N) is 1. The molecule has 0 atom stereocenters. The summed E-state index contributed by atoms with van der Waals surface area (Å²) >= 11 is 5.76. The number of rotatable bonds is 3. The molecule has 20 heavy (non-hydrogen) atoms. The molecule has 1 aromatic carbocycles. The lowest BCUT2D eigenvalue weighted by Gasteiger charge is -2.08. The predicted molar refractivity (Wildman–Crippen MR) is 76.3 cm³/mol. The fourth-order valence-corrected chi connectivity index (χ4v) is 2.14. The molecule has 0 aliphatic carbocycles. The summed E-state index contributed by atoms with van der Waals surface area (Å²) in [6, 6.07) is 7.65. The molecule has 1 aromatic heterocycles. The van der Waals surface area contributed by atoms with Gasteiger partial charge in [0.25, 0.3) is 5.91 Å². The zero-order valence-corrected chi connectivity index (χ0v) is 12.0. The van der Waals surface area contributed by atoms with Gasteiger partial charge in [0.2, 0.25) is 0 Å². The Labute approximate surface area is 121 Å². The van der Waals surface area contributed by atoms with Gasteiger partial charge in [0.15, 0.2) is 0 Å². The number of carbonyl (C=O) groups is 1. The Morgan fingerprint density at radius 1 is 1.25 bits per heavy atom. The second kappa shape index (κ2) is 6.01. The molecule has 0 aliphatic heterocycles. The van der Waals surface area contributed by atoms with Crippen LogP contribution in [0.3, 0.4) is 0 Å². The van der Waals surface area contributed by atoms with Crippen LogP contribution in [0.2, 0.25) is 5.02 Å². The first-order valence-corrected chi connectivity index (χ1v) is 6.51. The standard InChI is InChI=1S/C15H14ClFN2O/c1-9-5-11(6-10(2)19-9)8-18-15(20)13-7-12(16)3-4-14(13)17/h3-7H,8H2,1-2H3,(H,18,20). The minimum absolute atomic E-state index is 0.0556. The molecule has 2 rings (SSSR count). The highest BCUT2D eigenvalue weighted by molar-refractivity contribution is 6.30. The van der Waals surface area contributed by atoms with E-state index in [1.807, 2.05) is 26.0 Å². The van der Waals surface area contributed by atoms with Crippen LogP contribution in [0, 0.1) is 19.7 Å². The van der Waals surface area contributed by atoms with Gasteiger partial charge in [-0.05, 0) is 49.7 Å². The van der Waals surface area contributed by atoms with Crippen LogP contribution in [0.1, 0.15) is 27.3 Å². The highest BCUT2D eigenvalue weighted by atomic mass is 35.5. The zero-order valence-electron chi connectivity index (χ0n) is 11.2. The zero-order chi connectivity index (χ0) is 14.7. The molecule has 1 heterocycles. The monoisotopic (exact) mass is 292 g/mol. The van der Waals surface area contributed by atoms with Gasteiger partial charge in [-0.1, -0.05) is 11.6 Å². The molecule has 0 aliphatic rings. The first-order valence-electron chi connectivity index (χ1n) is 6.13. The van der Waals surface area contributed by atoms with Crippen LogP contribution in [0.25, 0.3) is 0 Å². The van der Waals surface area contributed by atoms with Crippen molar-refractivity contribution in [3.63, 3.8) is 0 Å². The van der Waals surface area contributed by atoms with Crippen LogP contribution >= 0.6 is 11.6 Å². The van der Waals surface area contributed by atoms with Gasteiger partial charge >= 0.3 is 0 Å². The van der Waals surface area contributed by atoms with E-state index in [2.05, 4.69) is 10.3 Å². The van der Waals surface area contributed by atoms with Crippen molar-refractivity contribution in [1.29, 1.82) is 0 Å². The number of halogens is 2. The number of pyridine rings is 1. The lowest BCUT2D eigenvalue weighted by molar-refractivity contribution is 0.0947. The van der Waals surface area contributed by atoms with Gasteiger partial charge in [0.1, 0.15) is 5.82 Å². The number of aromatic nitrogens is 1. The van der Waals surface area contributed by atoms with Crippen molar-refractivity contribution in [2.24, 2.45) is 0 Å². The second-order valence-corrected chi connectivity index (χ2v) is 5.00. The van der Waals surface area contributed by atoms with Crippen molar-refractivity contribution < 1.29 is 9.18 Å². The van der Waals surface area contributed by atoms with Crippen molar-refractivity contribution in [3.8, 4) is 0 Å². The summed E-state index contributed by atoms with van der Waals surface area (Å²) in [5.74, 6) is -1.08. The maximum Gasteiger partial charge on any atom is 0.254 e. The summed E-state index contributed by atoms with van der Waals surface area (Å²) < 4.78 is 13.5. The summed E-state index contributed by atoms with van der Waals surface area (Å²) in [5, 5.41) is 3.00. The Morgan fingerprint density at radius 3 is 2.55 bits per heavy atom. The molecular formula is C15H14ClFN2O. The first-order chi connectivity index (χ1) is 9.45. The van der Waals surface area contributed by atoms with Gasteiger partial charge in [-0.25, -0.2) is 4.39 Å². The molecular weight excluding hydrogens is 279 g/mol. The highest BCUT2D eigenvalue weighted by Crippen LogP contribution is 2.15. The van der Waals surface area contributed by atoms with E-state index in [1.165, 1.54) is 18.2 Å². The van der Waals surface area contributed by atoms with E-state index in [-0.39, 0.29) is 5.56 Å². The number of hydrogen-bond acceptors (Lipinski definition) is 2. The van der Waals surface area contributed by atoms with Crippen LogP contribution in [0.15, 0.2) is 30.3 Å². The molecule has 0 fully saturated rings. The molecule has 104 valence electrons. The maximum atomic E-state index is 13.5. The molecule has 2 aromatic rings. The smallest absolute Gasteiger partial charge is 0.254 e. The fraction of sp³-hybridized carbons (Fsp3) is 0.200. The summed E-state index contributed by atoms with van der Waals surface area (Å²) in [7, 11) is 0. The molecule has 1 amide bonds. The molecule has 0 saturated heterocycles. The number of amides is 1. The number of aryl methyl sites for hydroxylation is 2. The van der Waals surface area contributed by atoms with Gasteiger partial charge in [-0.2, -0.15) is 0 Å². The molecule has 5 heteroatoms. The molecule has 0 saturated carbocycles. The van der Waals surface area contributed by atoms with E-state index in [9.17, 15) is 9.18 Å². The van der Waals surface area contributed by atoms with Crippen molar-refractivity contribution in [3.05, 3.63) is 63.7 Å². The van der Waals surface area contributed by atoms with Crippen LogP contribution in [-0.2, 0) is 6.54 Å². The second-order valence-electron chi connectivity index (χ2n) is 4.57. The van der Waals surface area contributed by atoms with Gasteiger partial charge in [0.05, 0.1) is 5.56 Å². The molecule has 0 bridgehead atoms. The minimum atomic E-state index is -0.589. The topological polar surface area (TPSA) is 42.0 Å². The fourth-order valence-electron chi connectivity index (χ4n) is 1.97. The van der Waals surface area contributed by atoms with E-state index < -0.39 is 11.7 Å². The van der Waals surface area contributed by atoms with Gasteiger partial charge in [-0.15, -0.1) is 0 Å². The molecule has 3 nitrogen and oxygen atoms in total. The van der Waals surface area contributed by atoms with E-state index in [0.29, 0.717) is 11.6 Å². The Hall–Kier alpha value is -1.94. The Bertz CT molecular complexity index is 638. The molecule has 1 N–H and O–H groups in total. The molecule has 0 spiro atoms. The van der Waals surface area contributed by atoms with Gasteiger partial charge in [0, 0.05) is 23.0 Å². The SMILES string of the molecule is Cc1cc(CNC(=O)c2cc(Cl)ccc2F)cc(C)n1. The summed E-state index contributed by atoms with van der Waals surface area (Å²) in [6.07, 6.45) is 0. The quantitative estimate of drug-likeness (QED) is 0.942. The predicted octanol–water partition coefficient (Wildman–Crippen LogP) is 3.42. The van der Waals surface area contributed by atoms with E-state index in [4.69, 9.17) is 11.6 Å². The third-order valence-electron chi connectivity index (χ3n) is 2.77. The Balaban J connectivity index is 2.10. The molecule has 0 unspecified atom stereocenters. The third kappa shape index (κ3) is 3.54. The highest BCUT2D eigenvalue weighted by Gasteiger charge is 2.12. The average molecular weight is 293 g/mol. The number of nitrogens with zero attached hydrogens (tertiary/aromatic N) is 1. The minimum Gasteiger partial charge on any atom is -0.348 e. The van der Waals surface area contributed by atoms with Gasteiger partial charge < -0.3 is 5.32 Å². The van der Waals surface area contributed by atoms with Gasteiger partial charge in [-0.3, -0.25) is 9.78 Å². The van der Waals surface area contributed by atoms with Crippen LogP contribution in [0.4, 0.5) is 4.39 Å². The van der Waals surface area contributed by atoms with Crippen molar-refractivity contribution in [1.82, 2.24) is 10.3 Å². The van der Waals surface area contributed by atoms with E-state index >= 15 is 0 Å². The van der Waals surface area contributed by atoms with Crippen LogP contribution in [-0.4, -0.2) is 10.9 Å². The normalized spacial score (nSPS) is 10.4. The number of benzene rings is 1. The maximum absolute atomic E-state index is 13.5. The average Bonchev–Trinajstić information content (AvgIpc) is 2.38. The number of carbonyl (C=O) groups excluding carboxylic acids is 1. The first kappa shape index (κ1) is 14.5. The molecule has 0 radical (unpaired) electrons. The summed E-state index contributed by atoms with van der Waals surface area (Å²) in [4.78, 5) is 16.2. The van der Waals surface area contributed by atoms with Crippen molar-refractivity contribution in [2.45, 2.75) is 20.4 Å². The van der Waals surface area contributed by atoms with E-state index in [0.717, 1.165) is 17.0 Å². The third-order valence-corrected chi connectivity index (χ3v) is 3.00. The Morgan fingerprint density at radius 2 is 1.90 bits per heavy atom. The van der Waals surface area contributed by atoms with Crippen molar-refractivity contribution >= 4 is 17.5 Å². The summed E-state index contributed by atoms with van der Waals surface area (Å²) in [5.41, 5.74) is 2.62. The Kier molecular flexibility index (Phi) is 4.35. The number of hydrogen-bond donors (Lipinski definition) is 1. The van der Waals surface area contributed by atoms with Crippen LogP contribution in [0.5, 0.6) is 0 Å². The lowest BCUT2D eigenvalue weighted by atomic mass is 10.1. The summed E-state index contributed by atoms with van der Waals surface area (Å²) in [6.45, 7) is 4.08. The van der Waals surface area contributed by atoms with Crippen molar-refractivity contribution in [2.75, 3.05) is 0 Å². The largest absolute Gasteiger partial charge is 0.348 e. The van der Waals surface area contributed by atoms with Crippen LogP contribution < -0.4 is 5.32 Å². The lowest BCUT2D eigenvalue weighted by Crippen LogP contribution is -2.24.